The molecule has 10 heteroatoms. The highest BCUT2D eigenvalue weighted by molar-refractivity contribution is 7.89. The Hall–Kier alpha value is -3.11. The van der Waals surface area contributed by atoms with Gasteiger partial charge in [-0.15, -0.1) is 0 Å². The van der Waals surface area contributed by atoms with Crippen LogP contribution in [-0.4, -0.2) is 69.8 Å². The van der Waals surface area contributed by atoms with E-state index in [1.807, 2.05) is 17.0 Å². The first-order valence-corrected chi connectivity index (χ1v) is 13.7. The lowest BCUT2D eigenvalue weighted by Gasteiger charge is -2.31. The lowest BCUT2D eigenvalue weighted by Crippen LogP contribution is -2.43. The fourth-order valence-electron chi connectivity index (χ4n) is 4.70. The number of nitrogens with one attached hydrogen (secondary N) is 1. The summed E-state index contributed by atoms with van der Waals surface area (Å²) < 4.78 is 38.6. The number of carbonyl (C=O) groups is 2. The summed E-state index contributed by atoms with van der Waals surface area (Å²) >= 11 is 0. The molecule has 2 aliphatic heterocycles. The molecule has 2 aromatic carbocycles. The van der Waals surface area contributed by atoms with Gasteiger partial charge in [-0.05, 0) is 55.5 Å². The first-order chi connectivity index (χ1) is 17.3. The SMILES string of the molecule is COc1ccc(OC)c(S(=O)(=O)N2CCC[C@H](C(=O)Nc3ccc(CC(=O)N4CCCC4)cc3)C2)c1. The number of ether oxygens (including phenoxy) is 2. The maximum atomic E-state index is 13.4. The number of benzene rings is 2. The Morgan fingerprint density at radius 2 is 1.69 bits per heavy atom. The van der Waals surface area contributed by atoms with Gasteiger partial charge in [0.05, 0.1) is 26.6 Å². The summed E-state index contributed by atoms with van der Waals surface area (Å²) in [6.45, 7) is 2.06. The summed E-state index contributed by atoms with van der Waals surface area (Å²) in [4.78, 5) is 27.3. The van der Waals surface area contributed by atoms with Crippen molar-refractivity contribution in [3.63, 3.8) is 0 Å². The molecule has 0 unspecified atom stereocenters. The van der Waals surface area contributed by atoms with E-state index in [2.05, 4.69) is 5.32 Å². The van der Waals surface area contributed by atoms with Crippen LogP contribution >= 0.6 is 0 Å². The number of rotatable bonds is 8. The second-order valence-electron chi connectivity index (χ2n) is 9.17. The zero-order chi connectivity index (χ0) is 25.7. The van der Waals surface area contributed by atoms with Gasteiger partial charge in [-0.3, -0.25) is 9.59 Å². The van der Waals surface area contributed by atoms with Gasteiger partial charge in [-0.25, -0.2) is 8.42 Å². The molecule has 4 rings (SSSR count). The molecular formula is C26H33N3O6S. The van der Waals surface area contributed by atoms with Gasteiger partial charge >= 0.3 is 0 Å². The van der Waals surface area contributed by atoms with Crippen molar-refractivity contribution in [1.82, 2.24) is 9.21 Å². The molecule has 0 radical (unpaired) electrons. The minimum Gasteiger partial charge on any atom is -0.497 e. The lowest BCUT2D eigenvalue weighted by atomic mass is 9.98. The average molecular weight is 516 g/mol. The molecule has 0 aromatic heterocycles. The largest absolute Gasteiger partial charge is 0.497 e. The van der Waals surface area contributed by atoms with E-state index in [4.69, 9.17) is 9.47 Å². The molecule has 36 heavy (non-hydrogen) atoms. The summed E-state index contributed by atoms with van der Waals surface area (Å²) in [5, 5.41) is 2.90. The molecule has 1 atom stereocenters. The van der Waals surface area contributed by atoms with Crippen molar-refractivity contribution in [2.24, 2.45) is 5.92 Å². The van der Waals surface area contributed by atoms with Crippen molar-refractivity contribution >= 4 is 27.5 Å². The highest BCUT2D eigenvalue weighted by Gasteiger charge is 2.35. The smallest absolute Gasteiger partial charge is 0.246 e. The molecule has 2 saturated heterocycles. The van der Waals surface area contributed by atoms with E-state index in [9.17, 15) is 18.0 Å². The summed E-state index contributed by atoms with van der Waals surface area (Å²) in [5.74, 6) is 0.0485. The molecule has 0 spiro atoms. The van der Waals surface area contributed by atoms with Gasteiger partial charge in [0.15, 0.2) is 0 Å². The van der Waals surface area contributed by atoms with Gasteiger partial charge in [0, 0.05) is 37.9 Å². The van der Waals surface area contributed by atoms with E-state index in [0.29, 0.717) is 37.2 Å². The highest BCUT2D eigenvalue weighted by atomic mass is 32.2. The molecule has 194 valence electrons. The minimum absolute atomic E-state index is 0.0180. The fraction of sp³-hybridized carbons (Fsp3) is 0.462. The van der Waals surface area contributed by atoms with Gasteiger partial charge < -0.3 is 19.7 Å². The van der Waals surface area contributed by atoms with Gasteiger partial charge in [0.25, 0.3) is 0 Å². The predicted molar refractivity (Wildman–Crippen MR) is 136 cm³/mol. The standard InChI is InChI=1S/C26H33N3O6S/c1-34-22-11-12-23(35-2)24(17-22)36(32,33)29-15-5-6-20(18-29)26(31)27-21-9-7-19(8-10-21)16-25(30)28-13-3-4-14-28/h7-12,17,20H,3-6,13-16,18H2,1-2H3,(H,27,31)/t20-/m0/s1. The zero-order valence-electron chi connectivity index (χ0n) is 20.7. The van der Waals surface area contributed by atoms with Crippen LogP contribution in [0.2, 0.25) is 0 Å². The number of likely N-dealkylation sites (tertiary alicyclic amines) is 1. The van der Waals surface area contributed by atoms with Crippen molar-refractivity contribution in [1.29, 1.82) is 0 Å². The molecule has 9 nitrogen and oxygen atoms in total. The molecule has 2 fully saturated rings. The number of anilines is 1. The number of carbonyl (C=O) groups excluding carboxylic acids is 2. The third-order valence-electron chi connectivity index (χ3n) is 6.78. The lowest BCUT2D eigenvalue weighted by molar-refractivity contribution is -0.129. The van der Waals surface area contributed by atoms with Gasteiger partial charge in [-0.2, -0.15) is 4.31 Å². The van der Waals surface area contributed by atoms with Crippen molar-refractivity contribution in [3.05, 3.63) is 48.0 Å². The number of nitrogens with zero attached hydrogens (tertiary/aromatic N) is 2. The van der Waals surface area contributed by atoms with Crippen LogP contribution in [0.1, 0.15) is 31.2 Å². The van der Waals surface area contributed by atoms with E-state index in [1.54, 1.807) is 24.3 Å². The Bertz CT molecular complexity index is 1190. The topological polar surface area (TPSA) is 105 Å². The Kier molecular flexibility index (Phi) is 8.15. The molecule has 2 aliphatic rings. The van der Waals surface area contributed by atoms with Crippen LogP contribution < -0.4 is 14.8 Å². The summed E-state index contributed by atoms with van der Waals surface area (Å²) in [6.07, 6.45) is 3.63. The van der Waals surface area contributed by atoms with Crippen LogP contribution in [0.3, 0.4) is 0 Å². The predicted octanol–water partition coefficient (Wildman–Crippen LogP) is 2.91. The summed E-state index contributed by atoms with van der Waals surface area (Å²) in [7, 11) is -1.00. The van der Waals surface area contributed by atoms with Crippen LogP contribution in [0.15, 0.2) is 47.4 Å². The van der Waals surface area contributed by atoms with E-state index in [-0.39, 0.29) is 29.0 Å². The summed E-state index contributed by atoms with van der Waals surface area (Å²) in [5.41, 5.74) is 1.51. The molecule has 0 saturated carbocycles. The van der Waals surface area contributed by atoms with Gasteiger partial charge in [0.1, 0.15) is 16.4 Å². The van der Waals surface area contributed by atoms with Crippen molar-refractivity contribution in [2.45, 2.75) is 37.0 Å². The summed E-state index contributed by atoms with van der Waals surface area (Å²) in [6, 6.07) is 11.9. The van der Waals surface area contributed by atoms with E-state index in [0.717, 1.165) is 31.5 Å². The van der Waals surface area contributed by atoms with Crippen molar-refractivity contribution in [2.75, 3.05) is 45.7 Å². The quantitative estimate of drug-likeness (QED) is 0.580. The second kappa shape index (κ2) is 11.3. The minimum atomic E-state index is -3.89. The maximum Gasteiger partial charge on any atom is 0.246 e. The highest BCUT2D eigenvalue weighted by Crippen LogP contribution is 2.33. The normalized spacial score (nSPS) is 18.6. The third-order valence-corrected chi connectivity index (χ3v) is 8.67. The molecule has 0 aliphatic carbocycles. The molecular weight excluding hydrogens is 482 g/mol. The van der Waals surface area contributed by atoms with E-state index in [1.165, 1.54) is 24.6 Å². The second-order valence-corrected chi connectivity index (χ2v) is 11.1. The van der Waals surface area contributed by atoms with Crippen LogP contribution in [-0.2, 0) is 26.0 Å². The monoisotopic (exact) mass is 515 g/mol. The first kappa shape index (κ1) is 26.0. The third kappa shape index (κ3) is 5.82. The number of hydrogen-bond donors (Lipinski definition) is 1. The number of sulfonamides is 1. The van der Waals surface area contributed by atoms with E-state index < -0.39 is 15.9 Å². The van der Waals surface area contributed by atoms with Crippen molar-refractivity contribution in [3.8, 4) is 11.5 Å². The number of piperidine rings is 1. The number of hydrogen-bond acceptors (Lipinski definition) is 6. The Morgan fingerprint density at radius 3 is 2.36 bits per heavy atom. The van der Waals surface area contributed by atoms with Crippen LogP contribution in [0, 0.1) is 5.92 Å². The van der Waals surface area contributed by atoms with Gasteiger partial charge in [-0.1, -0.05) is 12.1 Å². The fourth-order valence-corrected chi connectivity index (χ4v) is 6.40. The zero-order valence-corrected chi connectivity index (χ0v) is 21.6. The van der Waals surface area contributed by atoms with E-state index >= 15 is 0 Å². The number of methoxy groups -OCH3 is 2. The molecule has 2 aromatic rings. The first-order valence-electron chi connectivity index (χ1n) is 12.2. The Balaban J connectivity index is 1.39. The molecule has 2 amide bonds. The van der Waals surface area contributed by atoms with Crippen LogP contribution in [0.4, 0.5) is 5.69 Å². The Morgan fingerprint density at radius 1 is 0.972 bits per heavy atom. The average Bonchev–Trinajstić information content (AvgIpc) is 3.45. The number of amides is 2. The maximum absolute atomic E-state index is 13.4. The van der Waals surface area contributed by atoms with Gasteiger partial charge in [0.2, 0.25) is 21.8 Å². The van der Waals surface area contributed by atoms with Crippen LogP contribution in [0.5, 0.6) is 11.5 Å². The molecule has 0 bridgehead atoms. The molecule has 1 N–H and O–H groups in total. The van der Waals surface area contributed by atoms with Crippen molar-refractivity contribution < 1.29 is 27.5 Å². The molecule has 2 heterocycles. The van der Waals surface area contributed by atoms with Crippen LogP contribution in [0.25, 0.3) is 0 Å². The Labute approximate surface area is 212 Å².